The van der Waals surface area contributed by atoms with Gasteiger partial charge in [-0.1, -0.05) is 0 Å². The van der Waals surface area contributed by atoms with E-state index in [1.807, 2.05) is 0 Å². The van der Waals surface area contributed by atoms with Crippen molar-refractivity contribution in [3.63, 3.8) is 0 Å². The summed E-state index contributed by atoms with van der Waals surface area (Å²) in [6.07, 6.45) is -3.11. The van der Waals surface area contributed by atoms with Crippen LogP contribution >= 0.6 is 0 Å². The zero-order chi connectivity index (χ0) is 10.8. The maximum absolute atomic E-state index is 12.0. The Balaban J connectivity index is 2.79. The number of halogens is 3. The first-order valence-corrected chi connectivity index (χ1v) is 4.13. The van der Waals surface area contributed by atoms with Gasteiger partial charge in [0.25, 0.3) is 0 Å². The molecule has 0 amide bonds. The molecule has 1 heterocycles. The fourth-order valence-corrected chi connectivity index (χ4v) is 1.34. The third-order valence-corrected chi connectivity index (χ3v) is 1.93. The van der Waals surface area contributed by atoms with Crippen molar-refractivity contribution in [2.45, 2.75) is 25.6 Å². The number of rotatable bonds is 3. The second kappa shape index (κ2) is 3.86. The summed E-state index contributed by atoms with van der Waals surface area (Å²) in [4.78, 5) is 10.5. The van der Waals surface area contributed by atoms with Crippen molar-refractivity contribution in [1.29, 1.82) is 0 Å². The lowest BCUT2D eigenvalue weighted by atomic mass is 10.2. The van der Waals surface area contributed by atoms with Crippen LogP contribution in [-0.2, 0) is 0 Å². The van der Waals surface area contributed by atoms with E-state index < -0.39 is 18.6 Å². The molecule has 5 heteroatoms. The Labute approximate surface area is 79.3 Å². The first-order chi connectivity index (χ1) is 6.44. The van der Waals surface area contributed by atoms with Crippen LogP contribution in [0, 0.1) is 0 Å². The van der Waals surface area contributed by atoms with E-state index in [0.29, 0.717) is 6.29 Å². The summed E-state index contributed by atoms with van der Waals surface area (Å²) < 4.78 is 37.4. The van der Waals surface area contributed by atoms with E-state index in [0.717, 1.165) is 0 Å². The molecule has 78 valence electrons. The monoisotopic (exact) mass is 205 g/mol. The molecule has 0 N–H and O–H groups in total. The Morgan fingerprint density at radius 1 is 1.57 bits per heavy atom. The number of aldehydes is 1. The van der Waals surface area contributed by atoms with E-state index in [-0.39, 0.29) is 5.69 Å². The lowest BCUT2D eigenvalue weighted by Gasteiger charge is -2.17. The maximum Gasteiger partial charge on any atom is 0.391 e. The van der Waals surface area contributed by atoms with E-state index in [2.05, 4.69) is 0 Å². The molecule has 0 aliphatic rings. The maximum atomic E-state index is 12.0. The topological polar surface area (TPSA) is 22.0 Å². The Morgan fingerprint density at radius 3 is 2.71 bits per heavy atom. The molecular formula is C9H10F3NO. The van der Waals surface area contributed by atoms with Crippen LogP contribution < -0.4 is 0 Å². The molecule has 1 aromatic rings. The van der Waals surface area contributed by atoms with Crippen LogP contribution in [0.25, 0.3) is 0 Å². The molecule has 14 heavy (non-hydrogen) atoms. The quantitative estimate of drug-likeness (QED) is 0.695. The van der Waals surface area contributed by atoms with Gasteiger partial charge in [-0.3, -0.25) is 4.79 Å². The van der Waals surface area contributed by atoms with E-state index in [4.69, 9.17) is 0 Å². The fraction of sp³-hybridized carbons (Fsp3) is 0.444. The first-order valence-electron chi connectivity index (χ1n) is 4.13. The zero-order valence-corrected chi connectivity index (χ0v) is 7.58. The number of hydrogen-bond acceptors (Lipinski definition) is 1. The van der Waals surface area contributed by atoms with Gasteiger partial charge >= 0.3 is 6.18 Å². The van der Waals surface area contributed by atoms with Crippen molar-refractivity contribution in [2.24, 2.45) is 0 Å². The van der Waals surface area contributed by atoms with Crippen molar-refractivity contribution < 1.29 is 18.0 Å². The smallest absolute Gasteiger partial charge is 0.342 e. The minimum Gasteiger partial charge on any atom is -0.342 e. The van der Waals surface area contributed by atoms with Gasteiger partial charge in [0.15, 0.2) is 6.29 Å². The summed E-state index contributed by atoms with van der Waals surface area (Å²) in [6.45, 7) is 1.43. The fourth-order valence-electron chi connectivity index (χ4n) is 1.34. The number of hydrogen-bond donors (Lipinski definition) is 0. The van der Waals surface area contributed by atoms with Crippen LogP contribution in [0.2, 0.25) is 0 Å². The van der Waals surface area contributed by atoms with Gasteiger partial charge in [0.05, 0.1) is 12.1 Å². The largest absolute Gasteiger partial charge is 0.391 e. The zero-order valence-electron chi connectivity index (χ0n) is 7.58. The number of carbonyl (C=O) groups excluding carboxylic acids is 1. The molecule has 2 nitrogen and oxygen atoms in total. The molecule has 0 saturated heterocycles. The summed E-state index contributed by atoms with van der Waals surface area (Å²) in [7, 11) is 0. The molecule has 0 spiro atoms. The number of nitrogens with zero attached hydrogens (tertiary/aromatic N) is 1. The number of alkyl halides is 3. The molecule has 0 aliphatic carbocycles. The van der Waals surface area contributed by atoms with Crippen molar-refractivity contribution in [3.8, 4) is 0 Å². The SMILES string of the molecule is CC(CC(F)(F)F)n1cccc1C=O. The number of carbonyl (C=O) groups is 1. The van der Waals surface area contributed by atoms with Crippen LogP contribution in [0.1, 0.15) is 29.9 Å². The van der Waals surface area contributed by atoms with Crippen molar-refractivity contribution >= 4 is 6.29 Å². The van der Waals surface area contributed by atoms with E-state index in [1.54, 1.807) is 6.07 Å². The van der Waals surface area contributed by atoms with Gasteiger partial charge in [-0.25, -0.2) is 0 Å². The Morgan fingerprint density at radius 2 is 2.21 bits per heavy atom. The summed E-state index contributed by atoms with van der Waals surface area (Å²) in [6, 6.07) is 2.29. The third-order valence-electron chi connectivity index (χ3n) is 1.93. The van der Waals surface area contributed by atoms with Crippen LogP contribution in [0.15, 0.2) is 18.3 Å². The normalized spacial score (nSPS) is 14.0. The predicted molar refractivity (Wildman–Crippen MR) is 45.2 cm³/mol. The number of aromatic nitrogens is 1. The highest BCUT2D eigenvalue weighted by atomic mass is 19.4. The van der Waals surface area contributed by atoms with Crippen molar-refractivity contribution in [3.05, 3.63) is 24.0 Å². The van der Waals surface area contributed by atoms with Gasteiger partial charge < -0.3 is 4.57 Å². The molecule has 1 atom stereocenters. The molecule has 0 fully saturated rings. The lowest BCUT2D eigenvalue weighted by molar-refractivity contribution is -0.141. The summed E-state index contributed by atoms with van der Waals surface area (Å²) in [5, 5.41) is 0. The molecule has 0 aromatic carbocycles. The highest BCUT2D eigenvalue weighted by molar-refractivity contribution is 5.72. The molecule has 1 rings (SSSR count). The molecule has 1 aromatic heterocycles. The minimum atomic E-state index is -4.20. The van der Waals surface area contributed by atoms with Crippen LogP contribution in [0.3, 0.4) is 0 Å². The van der Waals surface area contributed by atoms with Crippen LogP contribution in [-0.4, -0.2) is 17.0 Å². The lowest BCUT2D eigenvalue weighted by Crippen LogP contribution is -2.17. The second-order valence-corrected chi connectivity index (χ2v) is 3.13. The Hall–Kier alpha value is -1.26. The van der Waals surface area contributed by atoms with Crippen LogP contribution in [0.5, 0.6) is 0 Å². The van der Waals surface area contributed by atoms with Gasteiger partial charge in [-0.15, -0.1) is 0 Å². The average Bonchev–Trinajstić information content (AvgIpc) is 2.47. The Kier molecular flexibility index (Phi) is 2.98. The van der Waals surface area contributed by atoms with Gasteiger partial charge in [0.2, 0.25) is 0 Å². The van der Waals surface area contributed by atoms with Gasteiger partial charge in [-0.2, -0.15) is 13.2 Å². The highest BCUT2D eigenvalue weighted by Crippen LogP contribution is 2.27. The van der Waals surface area contributed by atoms with E-state index in [9.17, 15) is 18.0 Å². The van der Waals surface area contributed by atoms with E-state index in [1.165, 1.54) is 23.8 Å². The molecular weight excluding hydrogens is 195 g/mol. The predicted octanol–water partition coefficient (Wildman–Crippen LogP) is 2.81. The van der Waals surface area contributed by atoms with Crippen molar-refractivity contribution in [1.82, 2.24) is 4.57 Å². The van der Waals surface area contributed by atoms with Gasteiger partial charge in [-0.05, 0) is 19.1 Å². The molecule has 0 saturated carbocycles. The molecule has 0 aliphatic heterocycles. The van der Waals surface area contributed by atoms with Gasteiger partial charge in [0.1, 0.15) is 0 Å². The molecule has 1 unspecified atom stereocenters. The van der Waals surface area contributed by atoms with E-state index >= 15 is 0 Å². The average molecular weight is 205 g/mol. The Bertz CT molecular complexity index is 316. The molecule has 0 radical (unpaired) electrons. The molecule has 0 bridgehead atoms. The minimum absolute atomic E-state index is 0.266. The standard InChI is InChI=1S/C9H10F3NO/c1-7(5-9(10,11)12)13-4-2-3-8(13)6-14/h2-4,6-7H,5H2,1H3. The van der Waals surface area contributed by atoms with Crippen molar-refractivity contribution in [2.75, 3.05) is 0 Å². The van der Waals surface area contributed by atoms with Crippen LogP contribution in [0.4, 0.5) is 13.2 Å². The second-order valence-electron chi connectivity index (χ2n) is 3.13. The highest BCUT2D eigenvalue weighted by Gasteiger charge is 2.30. The third kappa shape index (κ3) is 2.61. The summed E-state index contributed by atoms with van der Waals surface area (Å²) in [5.41, 5.74) is 0.266. The van der Waals surface area contributed by atoms with Gasteiger partial charge in [0, 0.05) is 12.2 Å². The summed E-state index contributed by atoms with van der Waals surface area (Å²) in [5.74, 6) is 0. The summed E-state index contributed by atoms with van der Waals surface area (Å²) >= 11 is 0. The first kappa shape index (κ1) is 10.8.